The quantitative estimate of drug-likeness (QED) is 0.665. The summed E-state index contributed by atoms with van der Waals surface area (Å²) in [7, 11) is 2.94. The number of anilines is 1. The van der Waals surface area contributed by atoms with Gasteiger partial charge in [-0.05, 0) is 35.9 Å². The summed E-state index contributed by atoms with van der Waals surface area (Å²) >= 11 is 0. The van der Waals surface area contributed by atoms with Crippen LogP contribution in [0.2, 0.25) is 0 Å². The molecule has 0 unspecified atom stereocenters. The maximum atomic E-state index is 13.6. The number of rotatable bonds is 5. The van der Waals surface area contributed by atoms with Gasteiger partial charge in [0.2, 0.25) is 0 Å². The van der Waals surface area contributed by atoms with Gasteiger partial charge >= 0.3 is 0 Å². The molecule has 2 rings (SSSR count). The number of amides is 1. The first-order valence-corrected chi connectivity index (χ1v) is 7.08. The standard InChI is InChI=1S/C18H14F2N2O3/c1-24-14-6-11(7-15(9-14)25-2)5-12(10-21)18(23)22-17-4-3-13(19)8-16(17)20/h3-9H,1-2H3,(H,22,23)/b12-5+. The SMILES string of the molecule is COc1cc(/C=C(\C#N)C(=O)Nc2ccc(F)cc2F)cc(OC)c1. The van der Waals surface area contributed by atoms with Crippen LogP contribution in [-0.2, 0) is 4.79 Å². The third-order valence-electron chi connectivity index (χ3n) is 3.23. The Kier molecular flexibility index (Phi) is 5.69. The Bertz CT molecular complexity index is 851. The Labute approximate surface area is 143 Å². The maximum absolute atomic E-state index is 13.6. The monoisotopic (exact) mass is 344 g/mol. The Morgan fingerprint density at radius 1 is 1.12 bits per heavy atom. The van der Waals surface area contributed by atoms with Crippen LogP contribution in [0.3, 0.4) is 0 Å². The number of carbonyl (C=O) groups is 1. The molecule has 0 bridgehead atoms. The summed E-state index contributed by atoms with van der Waals surface area (Å²) in [6, 6.07) is 9.30. The minimum Gasteiger partial charge on any atom is -0.497 e. The first-order chi connectivity index (χ1) is 12.0. The van der Waals surface area contributed by atoms with Crippen molar-refractivity contribution in [3.05, 3.63) is 59.2 Å². The molecule has 128 valence electrons. The van der Waals surface area contributed by atoms with E-state index >= 15 is 0 Å². The van der Waals surface area contributed by atoms with Crippen LogP contribution in [0.1, 0.15) is 5.56 Å². The average molecular weight is 344 g/mol. The molecule has 0 aliphatic heterocycles. The van der Waals surface area contributed by atoms with Crippen LogP contribution < -0.4 is 14.8 Å². The molecule has 0 spiro atoms. The molecule has 5 nitrogen and oxygen atoms in total. The predicted octanol–water partition coefficient (Wildman–Crippen LogP) is 3.53. The summed E-state index contributed by atoms with van der Waals surface area (Å²) < 4.78 is 36.7. The van der Waals surface area contributed by atoms with Crippen LogP contribution in [-0.4, -0.2) is 20.1 Å². The molecular formula is C18H14F2N2O3. The Hall–Kier alpha value is -3.40. The fourth-order valence-corrected chi connectivity index (χ4v) is 2.01. The highest BCUT2D eigenvalue weighted by molar-refractivity contribution is 6.09. The van der Waals surface area contributed by atoms with Crippen molar-refractivity contribution in [2.24, 2.45) is 0 Å². The van der Waals surface area contributed by atoms with Gasteiger partial charge in [-0.25, -0.2) is 8.78 Å². The van der Waals surface area contributed by atoms with E-state index in [1.807, 2.05) is 0 Å². The van der Waals surface area contributed by atoms with E-state index < -0.39 is 17.5 Å². The van der Waals surface area contributed by atoms with Crippen molar-refractivity contribution in [2.75, 3.05) is 19.5 Å². The Morgan fingerprint density at radius 2 is 1.76 bits per heavy atom. The van der Waals surface area contributed by atoms with Gasteiger partial charge in [0.1, 0.15) is 34.8 Å². The van der Waals surface area contributed by atoms with Crippen molar-refractivity contribution in [2.45, 2.75) is 0 Å². The van der Waals surface area contributed by atoms with Gasteiger partial charge in [-0.2, -0.15) is 5.26 Å². The van der Waals surface area contributed by atoms with Crippen LogP contribution in [0.15, 0.2) is 42.0 Å². The van der Waals surface area contributed by atoms with E-state index in [1.165, 1.54) is 20.3 Å². The summed E-state index contributed by atoms with van der Waals surface area (Å²) in [5.74, 6) is -1.57. The van der Waals surface area contributed by atoms with Gasteiger partial charge in [0.15, 0.2) is 0 Å². The summed E-state index contributed by atoms with van der Waals surface area (Å²) in [5, 5.41) is 11.4. The Morgan fingerprint density at radius 3 is 2.28 bits per heavy atom. The largest absolute Gasteiger partial charge is 0.497 e. The second-order valence-electron chi connectivity index (χ2n) is 4.89. The van der Waals surface area contributed by atoms with E-state index in [1.54, 1.807) is 24.3 Å². The van der Waals surface area contributed by atoms with Crippen molar-refractivity contribution in [3.8, 4) is 17.6 Å². The van der Waals surface area contributed by atoms with Gasteiger partial charge in [0.25, 0.3) is 5.91 Å². The molecule has 25 heavy (non-hydrogen) atoms. The number of benzene rings is 2. The molecule has 0 radical (unpaired) electrons. The lowest BCUT2D eigenvalue weighted by Gasteiger charge is -2.07. The van der Waals surface area contributed by atoms with Gasteiger partial charge < -0.3 is 14.8 Å². The minimum atomic E-state index is -0.936. The zero-order chi connectivity index (χ0) is 18.4. The van der Waals surface area contributed by atoms with Crippen molar-refractivity contribution >= 4 is 17.7 Å². The molecule has 0 heterocycles. The summed E-state index contributed by atoms with van der Waals surface area (Å²) in [6.07, 6.45) is 1.31. The molecule has 2 aromatic rings. The van der Waals surface area contributed by atoms with E-state index in [0.29, 0.717) is 23.1 Å². The van der Waals surface area contributed by atoms with Crippen LogP contribution in [0.25, 0.3) is 6.08 Å². The first-order valence-electron chi connectivity index (χ1n) is 7.08. The highest BCUT2D eigenvalue weighted by Gasteiger charge is 2.13. The molecule has 0 aromatic heterocycles. The Balaban J connectivity index is 2.31. The number of nitrogens with one attached hydrogen (secondary N) is 1. The van der Waals surface area contributed by atoms with Crippen molar-refractivity contribution < 1.29 is 23.0 Å². The van der Waals surface area contributed by atoms with Crippen molar-refractivity contribution in [1.82, 2.24) is 0 Å². The zero-order valence-corrected chi connectivity index (χ0v) is 13.5. The van der Waals surface area contributed by atoms with Gasteiger partial charge in [-0.1, -0.05) is 0 Å². The lowest BCUT2D eigenvalue weighted by Crippen LogP contribution is -2.14. The smallest absolute Gasteiger partial charge is 0.266 e. The van der Waals surface area contributed by atoms with Crippen LogP contribution in [0.5, 0.6) is 11.5 Å². The number of hydrogen-bond acceptors (Lipinski definition) is 4. The maximum Gasteiger partial charge on any atom is 0.266 e. The molecule has 2 aromatic carbocycles. The van der Waals surface area contributed by atoms with E-state index in [2.05, 4.69) is 5.32 Å². The van der Waals surface area contributed by atoms with Gasteiger partial charge in [-0.15, -0.1) is 0 Å². The van der Waals surface area contributed by atoms with E-state index in [9.17, 15) is 18.8 Å². The highest BCUT2D eigenvalue weighted by Crippen LogP contribution is 2.24. The third-order valence-corrected chi connectivity index (χ3v) is 3.23. The molecule has 7 heteroatoms. The fourth-order valence-electron chi connectivity index (χ4n) is 2.01. The van der Waals surface area contributed by atoms with Crippen molar-refractivity contribution in [1.29, 1.82) is 5.26 Å². The molecule has 0 atom stereocenters. The van der Waals surface area contributed by atoms with E-state index in [4.69, 9.17) is 9.47 Å². The number of ether oxygens (including phenoxy) is 2. The summed E-state index contributed by atoms with van der Waals surface area (Å²) in [4.78, 5) is 12.2. The van der Waals surface area contributed by atoms with E-state index in [-0.39, 0.29) is 11.3 Å². The summed E-state index contributed by atoms with van der Waals surface area (Å²) in [6.45, 7) is 0. The normalized spacial score (nSPS) is 10.8. The summed E-state index contributed by atoms with van der Waals surface area (Å²) in [5.41, 5.74) is -0.00252. The first kappa shape index (κ1) is 17.9. The van der Waals surface area contributed by atoms with Crippen LogP contribution in [0.4, 0.5) is 14.5 Å². The molecule has 0 fully saturated rings. The number of carbonyl (C=O) groups excluding carboxylic acids is 1. The van der Waals surface area contributed by atoms with Gasteiger partial charge in [0, 0.05) is 12.1 Å². The zero-order valence-electron chi connectivity index (χ0n) is 13.5. The fraction of sp³-hybridized carbons (Fsp3) is 0.111. The second-order valence-corrected chi connectivity index (χ2v) is 4.89. The third kappa shape index (κ3) is 4.54. The number of hydrogen-bond donors (Lipinski definition) is 1. The minimum absolute atomic E-state index is 0.226. The lowest BCUT2D eigenvalue weighted by molar-refractivity contribution is -0.112. The predicted molar refractivity (Wildman–Crippen MR) is 88.1 cm³/mol. The van der Waals surface area contributed by atoms with Crippen LogP contribution in [0, 0.1) is 23.0 Å². The molecule has 0 aliphatic carbocycles. The number of nitrogens with zero attached hydrogens (tertiary/aromatic N) is 1. The second kappa shape index (κ2) is 7.93. The molecule has 0 saturated carbocycles. The molecule has 1 N–H and O–H groups in total. The molecule has 0 saturated heterocycles. The van der Waals surface area contributed by atoms with Crippen molar-refractivity contribution in [3.63, 3.8) is 0 Å². The molecule has 1 amide bonds. The van der Waals surface area contributed by atoms with Gasteiger partial charge in [0.05, 0.1) is 19.9 Å². The topological polar surface area (TPSA) is 71.3 Å². The van der Waals surface area contributed by atoms with Gasteiger partial charge in [-0.3, -0.25) is 4.79 Å². The number of halogens is 2. The van der Waals surface area contributed by atoms with E-state index in [0.717, 1.165) is 12.1 Å². The molecule has 0 aliphatic rings. The van der Waals surface area contributed by atoms with Crippen LogP contribution >= 0.6 is 0 Å². The molecular weight excluding hydrogens is 330 g/mol. The highest BCUT2D eigenvalue weighted by atomic mass is 19.1. The lowest BCUT2D eigenvalue weighted by atomic mass is 10.1. The number of methoxy groups -OCH3 is 2. The number of nitriles is 1. The average Bonchev–Trinajstić information content (AvgIpc) is 2.61.